The Morgan fingerprint density at radius 3 is 2.59 bits per heavy atom. The SMILES string of the molecule is CC1CCC(c2ccccc2)([NH+]([O-])O)CN1C. The minimum absolute atomic E-state index is 0.464. The molecule has 1 aromatic carbocycles. The van der Waals surface area contributed by atoms with Crippen molar-refractivity contribution in [2.75, 3.05) is 13.6 Å². The van der Waals surface area contributed by atoms with Crippen molar-refractivity contribution in [1.82, 2.24) is 4.90 Å². The van der Waals surface area contributed by atoms with Crippen LogP contribution >= 0.6 is 0 Å². The van der Waals surface area contributed by atoms with E-state index in [9.17, 15) is 10.4 Å². The van der Waals surface area contributed by atoms with E-state index in [1.54, 1.807) is 0 Å². The highest BCUT2D eigenvalue weighted by molar-refractivity contribution is 5.23. The van der Waals surface area contributed by atoms with Crippen LogP contribution in [0.15, 0.2) is 30.3 Å². The number of likely N-dealkylation sites (N-methyl/N-ethyl adjacent to an activating group) is 1. The normalized spacial score (nSPS) is 32.4. The molecule has 4 nitrogen and oxygen atoms in total. The molecule has 1 aliphatic rings. The molecular formula is C13H20N2O2. The van der Waals surface area contributed by atoms with Crippen molar-refractivity contribution in [3.63, 3.8) is 0 Å². The molecule has 4 heteroatoms. The van der Waals surface area contributed by atoms with Gasteiger partial charge in [0.1, 0.15) is 0 Å². The molecule has 0 radical (unpaired) electrons. The van der Waals surface area contributed by atoms with E-state index >= 15 is 0 Å². The Hall–Kier alpha value is -0.940. The number of benzene rings is 1. The highest BCUT2D eigenvalue weighted by Gasteiger charge is 2.44. The van der Waals surface area contributed by atoms with Crippen LogP contribution in [-0.2, 0) is 5.54 Å². The summed E-state index contributed by atoms with van der Waals surface area (Å²) in [4.78, 5) is 2.14. The first kappa shape index (κ1) is 12.5. The molecule has 2 rings (SSSR count). The van der Waals surface area contributed by atoms with Crippen LogP contribution < -0.4 is 5.23 Å². The number of rotatable bonds is 2. The number of hydroxylamine groups is 2. The fourth-order valence-electron chi connectivity index (χ4n) is 2.63. The molecular weight excluding hydrogens is 216 g/mol. The van der Waals surface area contributed by atoms with E-state index in [-0.39, 0.29) is 0 Å². The van der Waals surface area contributed by atoms with E-state index in [0.29, 0.717) is 12.6 Å². The average molecular weight is 236 g/mol. The summed E-state index contributed by atoms with van der Waals surface area (Å²) < 4.78 is 0. The summed E-state index contributed by atoms with van der Waals surface area (Å²) in [5.74, 6) is 0. The molecule has 1 heterocycles. The van der Waals surface area contributed by atoms with Gasteiger partial charge in [0.15, 0.2) is 5.54 Å². The third-order valence-corrected chi connectivity index (χ3v) is 4.00. The first-order valence-electron chi connectivity index (χ1n) is 6.05. The Morgan fingerprint density at radius 2 is 2.06 bits per heavy atom. The first-order chi connectivity index (χ1) is 8.06. The maximum Gasteiger partial charge on any atom is 0.165 e. The topological polar surface area (TPSA) is 51.0 Å². The highest BCUT2D eigenvalue weighted by atomic mass is 16.8. The number of nitrogens with one attached hydrogen (secondary N) is 1. The van der Waals surface area contributed by atoms with Gasteiger partial charge in [-0.25, -0.2) is 10.4 Å². The van der Waals surface area contributed by atoms with Gasteiger partial charge in [-0.15, -0.1) is 0 Å². The zero-order valence-electron chi connectivity index (χ0n) is 10.4. The lowest BCUT2D eigenvalue weighted by Crippen LogP contribution is -3.14. The van der Waals surface area contributed by atoms with Gasteiger partial charge >= 0.3 is 0 Å². The van der Waals surface area contributed by atoms with Gasteiger partial charge in [-0.2, -0.15) is 0 Å². The molecule has 1 aromatic rings. The fourth-order valence-corrected chi connectivity index (χ4v) is 2.63. The predicted octanol–water partition coefficient (Wildman–Crippen LogP) is 0.768. The molecule has 2 N–H and O–H groups in total. The molecule has 0 aliphatic carbocycles. The minimum Gasteiger partial charge on any atom is -0.599 e. The summed E-state index contributed by atoms with van der Waals surface area (Å²) in [5.41, 5.74) is 0.189. The molecule has 0 spiro atoms. The Morgan fingerprint density at radius 1 is 1.41 bits per heavy atom. The quantitative estimate of drug-likeness (QED) is 0.746. The number of hydrogen-bond acceptors (Lipinski definition) is 3. The highest BCUT2D eigenvalue weighted by Crippen LogP contribution is 2.30. The van der Waals surface area contributed by atoms with E-state index in [0.717, 1.165) is 18.4 Å². The van der Waals surface area contributed by atoms with Crippen LogP contribution in [0, 0.1) is 5.21 Å². The Labute approximate surface area is 102 Å². The van der Waals surface area contributed by atoms with E-state index < -0.39 is 10.8 Å². The monoisotopic (exact) mass is 236 g/mol. The predicted molar refractivity (Wildman–Crippen MR) is 65.6 cm³/mol. The lowest BCUT2D eigenvalue weighted by Gasteiger charge is -2.46. The smallest absolute Gasteiger partial charge is 0.165 e. The minimum atomic E-state index is -0.734. The molecule has 0 amide bonds. The van der Waals surface area contributed by atoms with Gasteiger partial charge in [0.2, 0.25) is 0 Å². The lowest BCUT2D eigenvalue weighted by molar-refractivity contribution is -1.10. The lowest BCUT2D eigenvalue weighted by atomic mass is 9.81. The van der Waals surface area contributed by atoms with Crippen LogP contribution in [0.2, 0.25) is 0 Å². The Balaban J connectivity index is 2.35. The number of nitrogens with zero attached hydrogens (tertiary/aromatic N) is 1. The van der Waals surface area contributed by atoms with Crippen LogP contribution in [-0.4, -0.2) is 29.7 Å². The van der Waals surface area contributed by atoms with Gasteiger partial charge in [0.05, 0.1) is 6.54 Å². The molecule has 1 aliphatic heterocycles. The van der Waals surface area contributed by atoms with E-state index in [4.69, 9.17) is 0 Å². The van der Waals surface area contributed by atoms with E-state index in [2.05, 4.69) is 11.8 Å². The van der Waals surface area contributed by atoms with E-state index in [1.807, 2.05) is 37.4 Å². The number of quaternary nitrogens is 1. The van der Waals surface area contributed by atoms with Gasteiger partial charge in [0.25, 0.3) is 0 Å². The first-order valence-corrected chi connectivity index (χ1v) is 6.05. The average Bonchev–Trinajstić information content (AvgIpc) is 2.33. The second kappa shape index (κ2) is 4.74. The molecule has 0 bridgehead atoms. The molecule has 0 aromatic heterocycles. The molecule has 17 heavy (non-hydrogen) atoms. The Bertz CT molecular complexity index is 369. The van der Waals surface area contributed by atoms with Crippen LogP contribution in [0.5, 0.6) is 0 Å². The summed E-state index contributed by atoms with van der Waals surface area (Å²) in [5, 5.41) is 20.6. The Kier molecular flexibility index (Phi) is 3.49. The second-order valence-corrected chi connectivity index (χ2v) is 5.06. The summed E-state index contributed by atoms with van der Waals surface area (Å²) >= 11 is 0. The largest absolute Gasteiger partial charge is 0.599 e. The third kappa shape index (κ3) is 2.21. The van der Waals surface area contributed by atoms with Crippen molar-refractivity contribution in [1.29, 1.82) is 0 Å². The maximum absolute atomic E-state index is 11.7. The summed E-state index contributed by atoms with van der Waals surface area (Å²) in [6.45, 7) is 2.74. The standard InChI is InChI=1S/C13H20N2O2/c1-11-8-9-13(15(16)17,10-14(11)2)12-6-4-3-5-7-12/h3-7,11,15-16H,8-10H2,1-2H3. The fraction of sp³-hybridized carbons (Fsp3) is 0.538. The second-order valence-electron chi connectivity index (χ2n) is 5.06. The van der Waals surface area contributed by atoms with Gasteiger partial charge < -0.3 is 5.21 Å². The van der Waals surface area contributed by atoms with E-state index in [1.165, 1.54) is 0 Å². The van der Waals surface area contributed by atoms with Crippen molar-refractivity contribution in [3.05, 3.63) is 41.1 Å². The van der Waals surface area contributed by atoms with Crippen molar-refractivity contribution >= 4 is 0 Å². The molecule has 94 valence electrons. The van der Waals surface area contributed by atoms with Gasteiger partial charge in [0, 0.05) is 18.0 Å². The van der Waals surface area contributed by atoms with Crippen LogP contribution in [0.4, 0.5) is 0 Å². The zero-order chi connectivity index (χ0) is 12.5. The van der Waals surface area contributed by atoms with Crippen LogP contribution in [0.3, 0.4) is 0 Å². The van der Waals surface area contributed by atoms with Crippen molar-refractivity contribution < 1.29 is 10.4 Å². The van der Waals surface area contributed by atoms with Crippen molar-refractivity contribution in [2.45, 2.75) is 31.3 Å². The summed E-state index contributed by atoms with van der Waals surface area (Å²) in [7, 11) is 2.00. The van der Waals surface area contributed by atoms with Gasteiger partial charge in [-0.1, -0.05) is 30.3 Å². The molecule has 0 saturated carbocycles. The zero-order valence-corrected chi connectivity index (χ0v) is 10.4. The number of hydrogen-bond donors (Lipinski definition) is 2. The number of piperidine rings is 1. The third-order valence-electron chi connectivity index (χ3n) is 4.00. The molecule has 1 fully saturated rings. The van der Waals surface area contributed by atoms with Crippen LogP contribution in [0.1, 0.15) is 25.3 Å². The van der Waals surface area contributed by atoms with Gasteiger partial charge in [-0.05, 0) is 20.4 Å². The summed E-state index contributed by atoms with van der Waals surface area (Å²) in [6, 6.07) is 10.1. The summed E-state index contributed by atoms with van der Waals surface area (Å²) in [6.07, 6.45) is 1.65. The molecule has 3 atom stereocenters. The molecule has 1 saturated heterocycles. The van der Waals surface area contributed by atoms with Crippen molar-refractivity contribution in [3.8, 4) is 0 Å². The van der Waals surface area contributed by atoms with Crippen LogP contribution in [0.25, 0.3) is 0 Å². The molecule has 3 unspecified atom stereocenters. The number of likely N-dealkylation sites (tertiary alicyclic amines) is 1. The maximum atomic E-state index is 11.7. The van der Waals surface area contributed by atoms with Gasteiger partial charge in [-0.3, -0.25) is 4.90 Å². The van der Waals surface area contributed by atoms with Crippen molar-refractivity contribution in [2.24, 2.45) is 0 Å².